The van der Waals surface area contributed by atoms with Crippen LogP contribution in [0.3, 0.4) is 0 Å². The Labute approximate surface area is 74.8 Å². The molecule has 1 rings (SSSR count). The molecule has 0 bridgehead atoms. The molecule has 12 heavy (non-hydrogen) atoms. The van der Waals surface area contributed by atoms with E-state index in [0.717, 1.165) is 0 Å². The lowest BCUT2D eigenvalue weighted by molar-refractivity contribution is 0.177. The van der Waals surface area contributed by atoms with Gasteiger partial charge >= 0.3 is 0 Å². The van der Waals surface area contributed by atoms with Crippen molar-refractivity contribution >= 4 is 11.6 Å². The molecular weight excluding hydrogens is 178 g/mol. The quantitative estimate of drug-likeness (QED) is 0.646. The van der Waals surface area contributed by atoms with Crippen LogP contribution in [0.5, 0.6) is 0 Å². The van der Waals surface area contributed by atoms with Crippen LogP contribution < -0.4 is 0 Å². The maximum atomic E-state index is 8.49. The molecule has 1 aromatic heterocycles. The number of halogens is 1. The zero-order valence-corrected chi connectivity index (χ0v) is 7.17. The summed E-state index contributed by atoms with van der Waals surface area (Å²) in [7, 11) is 1.54. The van der Waals surface area contributed by atoms with Crippen molar-refractivity contribution in [2.24, 2.45) is 0 Å². The lowest BCUT2D eigenvalue weighted by Crippen LogP contribution is -1.97. The smallest absolute Gasteiger partial charge is 0.155 e. The van der Waals surface area contributed by atoms with Crippen molar-refractivity contribution in [3.8, 4) is 6.07 Å². The van der Waals surface area contributed by atoms with Gasteiger partial charge in [-0.15, -0.1) is 0 Å². The molecule has 4 nitrogen and oxygen atoms in total. The highest BCUT2D eigenvalue weighted by molar-refractivity contribution is 6.30. The van der Waals surface area contributed by atoms with E-state index in [-0.39, 0.29) is 10.7 Å². The van der Waals surface area contributed by atoms with Crippen molar-refractivity contribution in [2.45, 2.75) is 6.61 Å². The van der Waals surface area contributed by atoms with E-state index in [1.807, 2.05) is 6.07 Å². The minimum absolute atomic E-state index is 0.166. The van der Waals surface area contributed by atoms with Crippen LogP contribution in [0.2, 0.25) is 5.15 Å². The zero-order chi connectivity index (χ0) is 8.97. The summed E-state index contributed by atoms with van der Waals surface area (Å²) in [6.45, 7) is 0.297. The van der Waals surface area contributed by atoms with Crippen molar-refractivity contribution in [1.29, 1.82) is 5.26 Å². The summed E-state index contributed by atoms with van der Waals surface area (Å²) in [4.78, 5) is 7.70. The monoisotopic (exact) mass is 183 g/mol. The van der Waals surface area contributed by atoms with Crippen molar-refractivity contribution < 1.29 is 4.74 Å². The largest absolute Gasteiger partial charge is 0.377 e. The van der Waals surface area contributed by atoms with E-state index in [1.165, 1.54) is 13.3 Å². The Hall–Kier alpha value is -1.18. The lowest BCUT2D eigenvalue weighted by Gasteiger charge is -1.98. The van der Waals surface area contributed by atoms with Crippen LogP contribution in [-0.4, -0.2) is 17.1 Å². The zero-order valence-electron chi connectivity index (χ0n) is 6.41. The van der Waals surface area contributed by atoms with Gasteiger partial charge in [0.05, 0.1) is 6.20 Å². The second kappa shape index (κ2) is 4.00. The molecule has 0 unspecified atom stereocenters. The molecule has 0 fully saturated rings. The minimum atomic E-state index is 0.166. The summed E-state index contributed by atoms with van der Waals surface area (Å²) in [6, 6.07) is 1.87. The standard InChI is InChI=1S/C7H6ClN3O/c1-12-4-6-10-3-5(2-9)7(8)11-6/h3H,4H2,1H3. The summed E-state index contributed by atoms with van der Waals surface area (Å²) in [5.74, 6) is 0.474. The first-order valence-electron chi connectivity index (χ1n) is 3.18. The topological polar surface area (TPSA) is 58.8 Å². The highest BCUT2D eigenvalue weighted by Crippen LogP contribution is 2.10. The van der Waals surface area contributed by atoms with E-state index in [9.17, 15) is 0 Å². The van der Waals surface area contributed by atoms with Crippen LogP contribution in [0.15, 0.2) is 6.20 Å². The van der Waals surface area contributed by atoms with Crippen LogP contribution in [0.25, 0.3) is 0 Å². The third-order valence-corrected chi connectivity index (χ3v) is 1.47. The van der Waals surface area contributed by atoms with Crippen LogP contribution in [0, 0.1) is 11.3 Å². The molecule has 0 aromatic carbocycles. The number of aromatic nitrogens is 2. The SMILES string of the molecule is COCc1ncc(C#N)c(Cl)n1. The molecule has 0 saturated heterocycles. The highest BCUT2D eigenvalue weighted by Gasteiger charge is 2.02. The van der Waals surface area contributed by atoms with Gasteiger partial charge in [-0.3, -0.25) is 0 Å². The van der Waals surface area contributed by atoms with Gasteiger partial charge in [-0.1, -0.05) is 11.6 Å². The normalized spacial score (nSPS) is 9.42. The Kier molecular flexibility index (Phi) is 2.97. The summed E-state index contributed by atoms with van der Waals surface area (Å²) in [5, 5.41) is 8.66. The first-order valence-corrected chi connectivity index (χ1v) is 3.56. The Bertz CT molecular complexity index is 321. The second-order valence-corrected chi connectivity index (χ2v) is 2.39. The van der Waals surface area contributed by atoms with Crippen molar-refractivity contribution in [3.05, 3.63) is 22.7 Å². The number of methoxy groups -OCH3 is 1. The average Bonchev–Trinajstić information content (AvgIpc) is 2.05. The molecular formula is C7H6ClN3O. The summed E-state index contributed by atoms with van der Waals surface area (Å²) in [6.07, 6.45) is 1.38. The van der Waals surface area contributed by atoms with E-state index in [1.54, 1.807) is 0 Å². The first-order chi connectivity index (χ1) is 5.77. The van der Waals surface area contributed by atoms with Gasteiger partial charge in [0.25, 0.3) is 0 Å². The second-order valence-electron chi connectivity index (χ2n) is 2.04. The minimum Gasteiger partial charge on any atom is -0.377 e. The Balaban J connectivity index is 2.96. The molecule has 0 radical (unpaired) electrons. The van der Waals surface area contributed by atoms with E-state index in [2.05, 4.69) is 9.97 Å². The summed E-state index contributed by atoms with van der Waals surface area (Å²) < 4.78 is 4.79. The molecule has 5 heteroatoms. The van der Waals surface area contributed by atoms with Gasteiger partial charge in [-0.2, -0.15) is 5.26 Å². The maximum absolute atomic E-state index is 8.49. The number of nitrogens with zero attached hydrogens (tertiary/aromatic N) is 3. The van der Waals surface area contributed by atoms with Gasteiger partial charge in [0.1, 0.15) is 18.2 Å². The third-order valence-electron chi connectivity index (χ3n) is 1.19. The molecule has 0 aliphatic rings. The molecule has 0 amide bonds. The Morgan fingerprint density at radius 2 is 2.50 bits per heavy atom. The van der Waals surface area contributed by atoms with E-state index in [4.69, 9.17) is 21.6 Å². The molecule has 0 aliphatic carbocycles. The maximum Gasteiger partial charge on any atom is 0.155 e. The van der Waals surface area contributed by atoms with Gasteiger partial charge in [0.15, 0.2) is 11.0 Å². The van der Waals surface area contributed by atoms with Crippen LogP contribution in [0.1, 0.15) is 11.4 Å². The van der Waals surface area contributed by atoms with Gasteiger partial charge in [0, 0.05) is 7.11 Å². The van der Waals surface area contributed by atoms with E-state index >= 15 is 0 Å². The molecule has 1 heterocycles. The fourth-order valence-corrected chi connectivity index (χ4v) is 0.857. The average molecular weight is 184 g/mol. The summed E-state index contributed by atoms with van der Waals surface area (Å²) in [5.41, 5.74) is 0.275. The molecule has 1 aromatic rings. The lowest BCUT2D eigenvalue weighted by atomic mass is 10.4. The number of hydrogen-bond acceptors (Lipinski definition) is 4. The predicted molar refractivity (Wildman–Crippen MR) is 42.5 cm³/mol. The van der Waals surface area contributed by atoms with Gasteiger partial charge in [0.2, 0.25) is 0 Å². The molecule has 62 valence electrons. The number of ether oxygens (including phenoxy) is 1. The van der Waals surface area contributed by atoms with Crippen LogP contribution >= 0.6 is 11.6 Å². The van der Waals surface area contributed by atoms with Crippen LogP contribution in [0.4, 0.5) is 0 Å². The Morgan fingerprint density at radius 1 is 1.75 bits per heavy atom. The number of rotatable bonds is 2. The number of hydrogen-bond donors (Lipinski definition) is 0. The van der Waals surface area contributed by atoms with Crippen LogP contribution in [-0.2, 0) is 11.3 Å². The predicted octanol–water partition coefficient (Wildman–Crippen LogP) is 1.15. The molecule has 0 atom stereocenters. The van der Waals surface area contributed by atoms with Gasteiger partial charge in [-0.05, 0) is 0 Å². The van der Waals surface area contributed by atoms with Crippen molar-refractivity contribution in [1.82, 2.24) is 9.97 Å². The first kappa shape index (κ1) is 8.91. The van der Waals surface area contributed by atoms with E-state index < -0.39 is 0 Å². The third kappa shape index (κ3) is 1.91. The van der Waals surface area contributed by atoms with E-state index in [0.29, 0.717) is 12.4 Å². The molecule has 0 spiro atoms. The molecule has 0 aliphatic heterocycles. The van der Waals surface area contributed by atoms with Gasteiger partial charge in [-0.25, -0.2) is 9.97 Å². The Morgan fingerprint density at radius 3 is 3.00 bits per heavy atom. The molecule has 0 saturated carbocycles. The fraction of sp³-hybridized carbons (Fsp3) is 0.286. The highest BCUT2D eigenvalue weighted by atomic mass is 35.5. The molecule has 0 N–H and O–H groups in total. The summed E-state index contributed by atoms with van der Waals surface area (Å²) >= 11 is 5.64. The van der Waals surface area contributed by atoms with Gasteiger partial charge < -0.3 is 4.74 Å². The van der Waals surface area contributed by atoms with Crippen molar-refractivity contribution in [3.63, 3.8) is 0 Å². The fourth-order valence-electron chi connectivity index (χ4n) is 0.668. The number of nitriles is 1. The van der Waals surface area contributed by atoms with Crippen molar-refractivity contribution in [2.75, 3.05) is 7.11 Å².